The van der Waals surface area contributed by atoms with Gasteiger partial charge in [0.1, 0.15) is 0 Å². The molecule has 1 atom stereocenters. The Kier molecular flexibility index (Phi) is 2.85. The average Bonchev–Trinajstić information content (AvgIpc) is 2.28. The second-order valence-electron chi connectivity index (χ2n) is 3.66. The molecule has 0 bridgehead atoms. The van der Waals surface area contributed by atoms with Crippen molar-refractivity contribution >= 4 is 17.5 Å². The molecule has 0 N–H and O–H groups in total. The summed E-state index contributed by atoms with van der Waals surface area (Å²) in [7, 11) is 0. The van der Waals surface area contributed by atoms with Crippen molar-refractivity contribution in [1.29, 1.82) is 0 Å². The van der Waals surface area contributed by atoms with Crippen LogP contribution in [-0.2, 0) is 16.1 Å². The highest BCUT2D eigenvalue weighted by atomic mass is 32.2. The lowest BCUT2D eigenvalue weighted by molar-refractivity contribution is -0.133. The number of benzene rings is 1. The minimum atomic E-state index is -0.658. The molecule has 0 saturated carbocycles. The van der Waals surface area contributed by atoms with Gasteiger partial charge in [-0.3, -0.25) is 4.79 Å². The fourth-order valence-electron chi connectivity index (χ4n) is 1.72. The molecule has 2 nitrogen and oxygen atoms in total. The summed E-state index contributed by atoms with van der Waals surface area (Å²) in [6.45, 7) is 4.13. The van der Waals surface area contributed by atoms with Crippen molar-refractivity contribution in [1.82, 2.24) is 0 Å². The molecule has 15 heavy (non-hydrogen) atoms. The zero-order chi connectivity index (χ0) is 10.9. The van der Waals surface area contributed by atoms with Crippen molar-refractivity contribution in [3.8, 4) is 0 Å². The maximum atomic E-state index is 11.6. The van der Waals surface area contributed by atoms with Gasteiger partial charge in [-0.1, -0.05) is 36.9 Å². The van der Waals surface area contributed by atoms with Gasteiger partial charge in [0, 0.05) is 4.90 Å². The van der Waals surface area contributed by atoms with Crippen LogP contribution >= 0.6 is 11.8 Å². The molecule has 0 aromatic heterocycles. The van der Waals surface area contributed by atoms with Gasteiger partial charge in [-0.15, -0.1) is 0 Å². The van der Waals surface area contributed by atoms with Crippen molar-refractivity contribution in [3.05, 3.63) is 29.8 Å². The first kappa shape index (κ1) is 10.7. The van der Waals surface area contributed by atoms with Gasteiger partial charge in [-0.2, -0.15) is 0 Å². The highest BCUT2D eigenvalue weighted by molar-refractivity contribution is 8.01. The summed E-state index contributed by atoms with van der Waals surface area (Å²) in [5, 5.41) is 0. The number of ketones is 1. The van der Waals surface area contributed by atoms with Gasteiger partial charge in [0.25, 0.3) is 0 Å². The first-order valence-electron chi connectivity index (χ1n) is 5.10. The fraction of sp³-hybridized carbons (Fsp3) is 0.417. The number of carbonyl (C=O) groups excluding carboxylic acids is 1. The molecule has 80 valence electrons. The second kappa shape index (κ2) is 3.99. The second-order valence-corrected chi connectivity index (χ2v) is 4.96. The van der Waals surface area contributed by atoms with E-state index in [0.29, 0.717) is 13.0 Å². The van der Waals surface area contributed by atoms with Crippen LogP contribution in [0, 0.1) is 0 Å². The Morgan fingerprint density at radius 3 is 2.93 bits per heavy atom. The molecule has 0 saturated heterocycles. The van der Waals surface area contributed by atoms with E-state index in [0.717, 1.165) is 0 Å². The van der Waals surface area contributed by atoms with Gasteiger partial charge in [-0.05, 0) is 25.0 Å². The smallest absolute Gasteiger partial charge is 0.176 e. The highest BCUT2D eigenvalue weighted by Gasteiger charge is 2.39. The zero-order valence-corrected chi connectivity index (χ0v) is 9.76. The molecule has 0 aliphatic carbocycles. The van der Waals surface area contributed by atoms with Gasteiger partial charge in [0.15, 0.2) is 10.7 Å². The average molecular weight is 222 g/mol. The number of ether oxygens (including phenoxy) is 1. The predicted octanol–water partition coefficient (Wildman–Crippen LogP) is 3.00. The van der Waals surface area contributed by atoms with Gasteiger partial charge >= 0.3 is 0 Å². The quantitative estimate of drug-likeness (QED) is 0.769. The first-order chi connectivity index (χ1) is 7.18. The minimum Gasteiger partial charge on any atom is -0.352 e. The highest BCUT2D eigenvalue weighted by Crippen LogP contribution is 2.43. The number of carbonyl (C=O) groups is 1. The van der Waals surface area contributed by atoms with E-state index in [1.165, 1.54) is 10.5 Å². The maximum Gasteiger partial charge on any atom is 0.176 e. The Morgan fingerprint density at radius 2 is 2.27 bits per heavy atom. The normalized spacial score (nSPS) is 24.7. The molecule has 0 radical (unpaired) electrons. The lowest BCUT2D eigenvalue weighted by Crippen LogP contribution is -2.37. The van der Waals surface area contributed by atoms with Crippen LogP contribution in [0.1, 0.15) is 25.8 Å². The standard InChI is InChI=1S/C12H14O2S/c1-3-12(9(2)13)14-8-10-6-4-5-7-11(10)15-12/h4-7H,3,8H2,1-2H3. The number of hydrogen-bond donors (Lipinski definition) is 0. The minimum absolute atomic E-state index is 0.101. The van der Waals surface area contributed by atoms with E-state index in [-0.39, 0.29) is 5.78 Å². The molecule has 3 heteroatoms. The van der Waals surface area contributed by atoms with Crippen LogP contribution in [0.2, 0.25) is 0 Å². The van der Waals surface area contributed by atoms with E-state index in [1.807, 2.05) is 25.1 Å². The third-order valence-corrected chi connectivity index (χ3v) is 4.35. The molecule has 1 aliphatic rings. The summed E-state index contributed by atoms with van der Waals surface area (Å²) < 4.78 is 5.72. The summed E-state index contributed by atoms with van der Waals surface area (Å²) in [6.07, 6.45) is 0.710. The van der Waals surface area contributed by atoms with E-state index in [2.05, 4.69) is 6.07 Å². The Morgan fingerprint density at radius 1 is 1.53 bits per heavy atom. The first-order valence-corrected chi connectivity index (χ1v) is 5.91. The number of fused-ring (bicyclic) bond motifs is 1. The molecule has 0 fully saturated rings. The topological polar surface area (TPSA) is 26.3 Å². The van der Waals surface area contributed by atoms with Gasteiger partial charge < -0.3 is 4.74 Å². The monoisotopic (exact) mass is 222 g/mol. The number of Topliss-reactive ketones (excluding diaryl/α,β-unsaturated/α-hetero) is 1. The number of rotatable bonds is 2. The molecular formula is C12H14O2S. The van der Waals surface area contributed by atoms with Crippen molar-refractivity contribution in [2.45, 2.75) is 36.7 Å². The zero-order valence-electron chi connectivity index (χ0n) is 8.95. The van der Waals surface area contributed by atoms with Crippen LogP contribution in [0.5, 0.6) is 0 Å². The largest absolute Gasteiger partial charge is 0.352 e. The van der Waals surface area contributed by atoms with E-state index >= 15 is 0 Å². The molecule has 1 aliphatic heterocycles. The van der Waals surface area contributed by atoms with Crippen molar-refractivity contribution in [2.75, 3.05) is 0 Å². The summed E-state index contributed by atoms with van der Waals surface area (Å²) in [5.74, 6) is 0.101. The summed E-state index contributed by atoms with van der Waals surface area (Å²) in [6, 6.07) is 8.09. The van der Waals surface area contributed by atoms with Gasteiger partial charge in [0.05, 0.1) is 6.61 Å². The fourth-order valence-corrected chi connectivity index (χ4v) is 2.89. The van der Waals surface area contributed by atoms with Crippen LogP contribution in [0.3, 0.4) is 0 Å². The molecule has 1 aromatic rings. The van der Waals surface area contributed by atoms with Crippen LogP contribution in [0.25, 0.3) is 0 Å². The molecule has 1 heterocycles. The molecule has 1 aromatic carbocycles. The Labute approximate surface area is 94.0 Å². The van der Waals surface area contributed by atoms with Gasteiger partial charge in [-0.25, -0.2) is 0 Å². The van der Waals surface area contributed by atoms with Crippen LogP contribution in [0.15, 0.2) is 29.2 Å². The predicted molar refractivity (Wildman–Crippen MR) is 60.8 cm³/mol. The van der Waals surface area contributed by atoms with Gasteiger partial charge in [0.2, 0.25) is 0 Å². The maximum absolute atomic E-state index is 11.6. The molecule has 2 rings (SSSR count). The van der Waals surface area contributed by atoms with E-state index < -0.39 is 4.93 Å². The number of thioether (sulfide) groups is 1. The van der Waals surface area contributed by atoms with E-state index in [4.69, 9.17) is 4.74 Å². The lowest BCUT2D eigenvalue weighted by Gasteiger charge is -2.34. The van der Waals surface area contributed by atoms with Crippen LogP contribution in [0.4, 0.5) is 0 Å². The Balaban J connectivity index is 2.35. The third-order valence-electron chi connectivity index (χ3n) is 2.71. The van der Waals surface area contributed by atoms with Crippen molar-refractivity contribution in [2.24, 2.45) is 0 Å². The Bertz CT molecular complexity index is 389. The third kappa shape index (κ3) is 1.82. The van der Waals surface area contributed by atoms with Crippen LogP contribution in [-0.4, -0.2) is 10.7 Å². The SMILES string of the molecule is CCC1(C(C)=O)OCc2ccccc2S1. The molecule has 0 amide bonds. The van der Waals surface area contributed by atoms with Crippen molar-refractivity contribution in [3.63, 3.8) is 0 Å². The summed E-state index contributed by atoms with van der Waals surface area (Å²) >= 11 is 1.54. The van der Waals surface area contributed by atoms with E-state index in [1.54, 1.807) is 18.7 Å². The summed E-state index contributed by atoms with van der Waals surface area (Å²) in [5.41, 5.74) is 1.17. The lowest BCUT2D eigenvalue weighted by atomic mass is 10.1. The number of hydrogen-bond acceptors (Lipinski definition) is 3. The van der Waals surface area contributed by atoms with Crippen LogP contribution < -0.4 is 0 Å². The molecular weight excluding hydrogens is 208 g/mol. The van der Waals surface area contributed by atoms with E-state index in [9.17, 15) is 4.79 Å². The summed E-state index contributed by atoms with van der Waals surface area (Å²) in [4.78, 5) is 12.1. The molecule has 0 spiro atoms. The Hall–Kier alpha value is -0.800. The molecule has 1 unspecified atom stereocenters. The van der Waals surface area contributed by atoms with Crippen molar-refractivity contribution < 1.29 is 9.53 Å².